The van der Waals surface area contributed by atoms with Crippen LogP contribution in [0.15, 0.2) is 17.6 Å². The van der Waals surface area contributed by atoms with Crippen molar-refractivity contribution in [2.45, 2.75) is 13.8 Å². The third kappa shape index (κ3) is 1.92. The third-order valence-corrected chi connectivity index (χ3v) is 2.63. The van der Waals surface area contributed by atoms with Gasteiger partial charge in [0.25, 0.3) is 0 Å². The summed E-state index contributed by atoms with van der Waals surface area (Å²) in [6.07, 6.45) is 1.57. The summed E-state index contributed by atoms with van der Waals surface area (Å²) in [5.74, 6) is -0.0424. The summed E-state index contributed by atoms with van der Waals surface area (Å²) in [7, 11) is 0. The zero-order valence-corrected chi connectivity index (χ0v) is 9.21. The average Bonchev–Trinajstić information content (AvgIpc) is 2.74. The van der Waals surface area contributed by atoms with Gasteiger partial charge in [-0.15, -0.1) is 0 Å². The van der Waals surface area contributed by atoms with Crippen molar-refractivity contribution >= 4 is 17.3 Å². The molecule has 0 spiro atoms. The third-order valence-electron chi connectivity index (χ3n) is 2.04. The second kappa shape index (κ2) is 3.86. The molecule has 76 valence electrons. The Morgan fingerprint density at radius 1 is 1.33 bits per heavy atom. The fourth-order valence-corrected chi connectivity index (χ4v) is 1.77. The van der Waals surface area contributed by atoms with E-state index in [4.69, 9.17) is 0 Å². The van der Waals surface area contributed by atoms with Gasteiger partial charge in [-0.25, -0.2) is 4.37 Å². The van der Waals surface area contributed by atoms with Crippen LogP contribution >= 0.6 is 11.5 Å². The number of rotatable bonds is 2. The first-order chi connectivity index (χ1) is 7.18. The van der Waals surface area contributed by atoms with E-state index >= 15 is 0 Å². The van der Waals surface area contributed by atoms with Crippen LogP contribution in [0.4, 0.5) is 0 Å². The minimum absolute atomic E-state index is 0.0424. The first-order valence-corrected chi connectivity index (χ1v) is 5.27. The van der Waals surface area contributed by atoms with Crippen LogP contribution in [0, 0.1) is 13.8 Å². The van der Waals surface area contributed by atoms with Crippen molar-refractivity contribution in [2.75, 3.05) is 0 Å². The molecular formula is C10H9N3OS. The van der Waals surface area contributed by atoms with Crippen LogP contribution in [-0.4, -0.2) is 20.4 Å². The summed E-state index contributed by atoms with van der Waals surface area (Å²) in [6.45, 7) is 3.59. The van der Waals surface area contributed by atoms with E-state index in [-0.39, 0.29) is 5.78 Å². The van der Waals surface area contributed by atoms with Crippen LogP contribution in [0.5, 0.6) is 0 Å². The molecule has 0 amide bonds. The Balaban J connectivity index is 2.46. The SMILES string of the molecule is Cc1cc(C(=O)c2cnsc2)c(C)nn1. The largest absolute Gasteiger partial charge is 0.288 e. The number of carbonyl (C=O) groups is 1. The molecule has 0 aliphatic heterocycles. The summed E-state index contributed by atoms with van der Waals surface area (Å²) in [5, 5.41) is 9.54. The molecule has 15 heavy (non-hydrogen) atoms. The van der Waals surface area contributed by atoms with Gasteiger partial charge in [0, 0.05) is 10.9 Å². The number of carbonyl (C=O) groups excluding carboxylic acids is 1. The molecule has 4 nitrogen and oxygen atoms in total. The van der Waals surface area contributed by atoms with E-state index in [2.05, 4.69) is 14.6 Å². The lowest BCUT2D eigenvalue weighted by Gasteiger charge is -2.02. The van der Waals surface area contributed by atoms with Crippen LogP contribution in [0.3, 0.4) is 0 Å². The molecule has 0 bridgehead atoms. The molecule has 0 aliphatic rings. The lowest BCUT2D eigenvalue weighted by Crippen LogP contribution is -2.06. The molecule has 0 saturated heterocycles. The topological polar surface area (TPSA) is 55.7 Å². The van der Waals surface area contributed by atoms with Crippen molar-refractivity contribution in [3.05, 3.63) is 40.2 Å². The van der Waals surface area contributed by atoms with E-state index in [1.165, 1.54) is 11.5 Å². The predicted octanol–water partition coefficient (Wildman–Crippen LogP) is 1.78. The Morgan fingerprint density at radius 2 is 2.13 bits per heavy atom. The van der Waals surface area contributed by atoms with Crippen molar-refractivity contribution in [3.63, 3.8) is 0 Å². The number of aryl methyl sites for hydroxylation is 2. The quantitative estimate of drug-likeness (QED) is 0.722. The minimum Gasteiger partial charge on any atom is -0.288 e. The van der Waals surface area contributed by atoms with Gasteiger partial charge >= 0.3 is 0 Å². The number of hydrogen-bond donors (Lipinski definition) is 0. The Hall–Kier alpha value is -1.62. The molecule has 2 aromatic heterocycles. The molecule has 0 aliphatic carbocycles. The molecular weight excluding hydrogens is 210 g/mol. The lowest BCUT2D eigenvalue weighted by molar-refractivity contribution is 0.103. The van der Waals surface area contributed by atoms with Crippen molar-refractivity contribution in [3.8, 4) is 0 Å². The van der Waals surface area contributed by atoms with Crippen LogP contribution in [0.2, 0.25) is 0 Å². The van der Waals surface area contributed by atoms with Crippen molar-refractivity contribution < 1.29 is 4.79 Å². The van der Waals surface area contributed by atoms with Gasteiger partial charge in [0.15, 0.2) is 5.78 Å². The Bertz CT molecular complexity index is 493. The highest BCUT2D eigenvalue weighted by atomic mass is 32.1. The monoisotopic (exact) mass is 219 g/mol. The number of ketones is 1. The number of aromatic nitrogens is 3. The first kappa shape index (κ1) is 9.92. The van der Waals surface area contributed by atoms with E-state index in [1.807, 2.05) is 6.92 Å². The molecule has 2 aromatic rings. The summed E-state index contributed by atoms with van der Waals surface area (Å²) in [5.41, 5.74) is 2.60. The fourth-order valence-electron chi connectivity index (χ4n) is 1.25. The second-order valence-electron chi connectivity index (χ2n) is 3.23. The van der Waals surface area contributed by atoms with Gasteiger partial charge < -0.3 is 0 Å². The van der Waals surface area contributed by atoms with E-state index in [0.29, 0.717) is 16.8 Å². The van der Waals surface area contributed by atoms with Crippen molar-refractivity contribution in [2.24, 2.45) is 0 Å². The maximum Gasteiger partial charge on any atom is 0.197 e. The van der Waals surface area contributed by atoms with Gasteiger partial charge in [-0.3, -0.25) is 4.79 Å². The Kier molecular flexibility index (Phi) is 2.55. The Morgan fingerprint density at radius 3 is 2.80 bits per heavy atom. The minimum atomic E-state index is -0.0424. The van der Waals surface area contributed by atoms with E-state index in [1.54, 1.807) is 24.6 Å². The van der Waals surface area contributed by atoms with Crippen LogP contribution in [0.25, 0.3) is 0 Å². The summed E-state index contributed by atoms with van der Waals surface area (Å²) < 4.78 is 3.91. The highest BCUT2D eigenvalue weighted by Gasteiger charge is 2.14. The number of nitrogens with zero attached hydrogens (tertiary/aromatic N) is 3. The standard InChI is InChI=1S/C10H9N3OS/c1-6-3-9(7(2)13-12-6)10(14)8-4-11-15-5-8/h3-5H,1-2H3. The molecule has 0 fully saturated rings. The zero-order valence-electron chi connectivity index (χ0n) is 8.39. The van der Waals surface area contributed by atoms with E-state index < -0.39 is 0 Å². The Labute approximate surface area is 91.2 Å². The van der Waals surface area contributed by atoms with Crippen LogP contribution in [-0.2, 0) is 0 Å². The van der Waals surface area contributed by atoms with Gasteiger partial charge in [0.05, 0.1) is 23.1 Å². The first-order valence-electron chi connectivity index (χ1n) is 4.43. The van der Waals surface area contributed by atoms with E-state index in [9.17, 15) is 4.79 Å². The highest BCUT2D eigenvalue weighted by Crippen LogP contribution is 2.13. The maximum absolute atomic E-state index is 12.0. The molecule has 0 atom stereocenters. The smallest absolute Gasteiger partial charge is 0.197 e. The lowest BCUT2D eigenvalue weighted by atomic mass is 10.1. The zero-order chi connectivity index (χ0) is 10.8. The van der Waals surface area contributed by atoms with Gasteiger partial charge in [0.2, 0.25) is 0 Å². The molecule has 0 unspecified atom stereocenters. The predicted molar refractivity (Wildman–Crippen MR) is 57.1 cm³/mol. The maximum atomic E-state index is 12.0. The molecule has 0 aromatic carbocycles. The molecule has 5 heteroatoms. The molecule has 0 saturated carbocycles. The van der Waals surface area contributed by atoms with Gasteiger partial charge in [-0.1, -0.05) is 0 Å². The van der Waals surface area contributed by atoms with Crippen LogP contribution in [0.1, 0.15) is 27.3 Å². The molecule has 0 N–H and O–H groups in total. The van der Waals surface area contributed by atoms with E-state index in [0.717, 1.165) is 5.69 Å². The second-order valence-corrected chi connectivity index (χ2v) is 3.88. The van der Waals surface area contributed by atoms with Gasteiger partial charge in [0.1, 0.15) is 0 Å². The summed E-state index contributed by atoms with van der Waals surface area (Å²) in [6, 6.07) is 1.75. The average molecular weight is 219 g/mol. The molecule has 0 radical (unpaired) electrons. The molecule has 2 rings (SSSR count). The van der Waals surface area contributed by atoms with Gasteiger partial charge in [-0.2, -0.15) is 10.2 Å². The number of hydrogen-bond acceptors (Lipinski definition) is 5. The summed E-state index contributed by atoms with van der Waals surface area (Å²) >= 11 is 1.27. The molecule has 2 heterocycles. The highest BCUT2D eigenvalue weighted by molar-refractivity contribution is 7.03. The van der Waals surface area contributed by atoms with Crippen LogP contribution < -0.4 is 0 Å². The van der Waals surface area contributed by atoms with Crippen molar-refractivity contribution in [1.82, 2.24) is 14.6 Å². The van der Waals surface area contributed by atoms with Crippen molar-refractivity contribution in [1.29, 1.82) is 0 Å². The fraction of sp³-hybridized carbons (Fsp3) is 0.200. The normalized spacial score (nSPS) is 10.3. The summed E-state index contributed by atoms with van der Waals surface area (Å²) in [4.78, 5) is 12.0. The van der Waals surface area contributed by atoms with Gasteiger partial charge in [-0.05, 0) is 31.4 Å².